The Hall–Kier alpha value is -0.540. The summed E-state index contributed by atoms with van der Waals surface area (Å²) >= 11 is 3.55. The van der Waals surface area contributed by atoms with E-state index in [0.717, 1.165) is 29.2 Å². The van der Waals surface area contributed by atoms with Crippen molar-refractivity contribution in [3.8, 4) is 5.75 Å². The first kappa shape index (κ1) is 16.5. The van der Waals surface area contributed by atoms with Crippen LogP contribution in [0.25, 0.3) is 0 Å². The van der Waals surface area contributed by atoms with Crippen LogP contribution in [0.4, 0.5) is 0 Å². The summed E-state index contributed by atoms with van der Waals surface area (Å²) < 4.78 is 6.30. The second-order valence-electron chi connectivity index (χ2n) is 4.98. The Labute approximate surface area is 126 Å². The van der Waals surface area contributed by atoms with Crippen molar-refractivity contribution in [1.29, 1.82) is 0 Å². The third-order valence-electron chi connectivity index (χ3n) is 3.74. The minimum atomic E-state index is 0.807. The maximum absolute atomic E-state index is 5.27. The molecule has 0 bridgehead atoms. The Morgan fingerprint density at radius 3 is 2.37 bits per heavy atom. The average molecular weight is 328 g/mol. The van der Waals surface area contributed by atoms with Crippen LogP contribution in [0.15, 0.2) is 22.7 Å². The highest BCUT2D eigenvalue weighted by atomic mass is 79.9. The lowest BCUT2D eigenvalue weighted by Crippen LogP contribution is -2.28. The van der Waals surface area contributed by atoms with E-state index in [2.05, 4.69) is 53.7 Å². The van der Waals surface area contributed by atoms with E-state index in [1.165, 1.54) is 24.9 Å². The van der Waals surface area contributed by atoms with Gasteiger partial charge in [-0.15, -0.1) is 0 Å². The highest BCUT2D eigenvalue weighted by Crippen LogP contribution is 2.26. The molecule has 19 heavy (non-hydrogen) atoms. The van der Waals surface area contributed by atoms with E-state index in [1.54, 1.807) is 7.11 Å². The molecule has 1 aromatic carbocycles. The van der Waals surface area contributed by atoms with Crippen molar-refractivity contribution in [2.75, 3.05) is 20.2 Å². The zero-order valence-corrected chi connectivity index (χ0v) is 14.2. The normalized spacial score (nSPS) is 11.3. The standard InChI is InChI=1S/C16H26BrNO/c1-5-13(6-2)11-18(7-3)12-14-8-9-16(19-4)15(17)10-14/h8-10,13H,5-7,11-12H2,1-4H3. The van der Waals surface area contributed by atoms with Crippen molar-refractivity contribution in [3.05, 3.63) is 28.2 Å². The highest BCUT2D eigenvalue weighted by Gasteiger charge is 2.11. The van der Waals surface area contributed by atoms with E-state index < -0.39 is 0 Å². The van der Waals surface area contributed by atoms with Gasteiger partial charge in [-0.3, -0.25) is 4.90 Å². The average Bonchev–Trinajstić information content (AvgIpc) is 2.43. The van der Waals surface area contributed by atoms with Crippen molar-refractivity contribution in [2.24, 2.45) is 5.92 Å². The van der Waals surface area contributed by atoms with Crippen LogP contribution in [0.1, 0.15) is 39.2 Å². The molecule has 0 atom stereocenters. The molecule has 0 aliphatic carbocycles. The van der Waals surface area contributed by atoms with Crippen LogP contribution in [-0.2, 0) is 6.54 Å². The molecule has 2 nitrogen and oxygen atoms in total. The van der Waals surface area contributed by atoms with E-state index in [0.29, 0.717) is 0 Å². The molecule has 0 saturated heterocycles. The predicted octanol–water partition coefficient (Wildman–Crippen LogP) is 4.72. The number of hydrogen-bond acceptors (Lipinski definition) is 2. The van der Waals surface area contributed by atoms with E-state index in [4.69, 9.17) is 4.74 Å². The maximum Gasteiger partial charge on any atom is 0.133 e. The predicted molar refractivity (Wildman–Crippen MR) is 85.7 cm³/mol. The van der Waals surface area contributed by atoms with Crippen LogP contribution in [0.3, 0.4) is 0 Å². The highest BCUT2D eigenvalue weighted by molar-refractivity contribution is 9.10. The molecule has 1 rings (SSSR count). The summed E-state index contributed by atoms with van der Waals surface area (Å²) in [6.45, 7) is 10.1. The van der Waals surface area contributed by atoms with Gasteiger partial charge in [0.15, 0.2) is 0 Å². The topological polar surface area (TPSA) is 12.5 Å². The lowest BCUT2D eigenvalue weighted by molar-refractivity contribution is 0.226. The number of rotatable bonds is 8. The van der Waals surface area contributed by atoms with Crippen molar-refractivity contribution in [1.82, 2.24) is 4.90 Å². The van der Waals surface area contributed by atoms with Gasteiger partial charge >= 0.3 is 0 Å². The minimum Gasteiger partial charge on any atom is -0.496 e. The SMILES string of the molecule is CCC(CC)CN(CC)Cc1ccc(OC)c(Br)c1. The summed E-state index contributed by atoms with van der Waals surface area (Å²) in [5, 5.41) is 0. The van der Waals surface area contributed by atoms with Gasteiger partial charge in [0, 0.05) is 13.1 Å². The van der Waals surface area contributed by atoms with Crippen LogP contribution < -0.4 is 4.74 Å². The fourth-order valence-corrected chi connectivity index (χ4v) is 2.87. The Bertz CT molecular complexity index is 377. The smallest absolute Gasteiger partial charge is 0.133 e. The van der Waals surface area contributed by atoms with Crippen LogP contribution in [-0.4, -0.2) is 25.1 Å². The van der Waals surface area contributed by atoms with Crippen molar-refractivity contribution < 1.29 is 4.74 Å². The Morgan fingerprint density at radius 2 is 1.89 bits per heavy atom. The molecule has 0 aliphatic heterocycles. The summed E-state index contributed by atoms with van der Waals surface area (Å²) in [6, 6.07) is 6.35. The fraction of sp³-hybridized carbons (Fsp3) is 0.625. The molecular formula is C16H26BrNO. The van der Waals surface area contributed by atoms with Crippen LogP contribution in [0.5, 0.6) is 5.75 Å². The second-order valence-corrected chi connectivity index (χ2v) is 5.83. The van der Waals surface area contributed by atoms with E-state index in [-0.39, 0.29) is 0 Å². The number of hydrogen-bond donors (Lipinski definition) is 0. The molecule has 108 valence electrons. The molecule has 0 fully saturated rings. The van der Waals surface area contributed by atoms with Crippen molar-refractivity contribution in [2.45, 2.75) is 40.2 Å². The van der Waals surface area contributed by atoms with Gasteiger partial charge in [0.25, 0.3) is 0 Å². The zero-order valence-electron chi connectivity index (χ0n) is 12.6. The van der Waals surface area contributed by atoms with Gasteiger partial charge in [-0.1, -0.05) is 39.7 Å². The van der Waals surface area contributed by atoms with Crippen molar-refractivity contribution in [3.63, 3.8) is 0 Å². The molecule has 0 saturated carbocycles. The summed E-state index contributed by atoms with van der Waals surface area (Å²) in [5.41, 5.74) is 1.33. The van der Waals surface area contributed by atoms with E-state index >= 15 is 0 Å². The molecule has 1 aromatic rings. The lowest BCUT2D eigenvalue weighted by Gasteiger charge is -2.25. The molecule has 3 heteroatoms. The molecule has 0 heterocycles. The van der Waals surface area contributed by atoms with Crippen LogP contribution >= 0.6 is 15.9 Å². The first-order chi connectivity index (χ1) is 9.14. The molecular weight excluding hydrogens is 302 g/mol. The van der Waals surface area contributed by atoms with Gasteiger partial charge < -0.3 is 4.74 Å². The summed E-state index contributed by atoms with van der Waals surface area (Å²) in [6.07, 6.45) is 2.53. The Balaban J connectivity index is 2.67. The molecule has 0 radical (unpaired) electrons. The van der Waals surface area contributed by atoms with Gasteiger partial charge in [-0.25, -0.2) is 0 Å². The zero-order chi connectivity index (χ0) is 14.3. The summed E-state index contributed by atoms with van der Waals surface area (Å²) in [4.78, 5) is 2.52. The van der Waals surface area contributed by atoms with Gasteiger partial charge in [0.05, 0.1) is 11.6 Å². The van der Waals surface area contributed by atoms with Crippen LogP contribution in [0.2, 0.25) is 0 Å². The molecule has 0 unspecified atom stereocenters. The first-order valence-corrected chi connectivity index (χ1v) is 7.98. The monoisotopic (exact) mass is 327 g/mol. The third kappa shape index (κ3) is 5.15. The van der Waals surface area contributed by atoms with Crippen molar-refractivity contribution >= 4 is 15.9 Å². The number of nitrogens with zero attached hydrogens (tertiary/aromatic N) is 1. The Kier molecular flexibility index (Phi) is 7.47. The number of ether oxygens (including phenoxy) is 1. The number of methoxy groups -OCH3 is 1. The summed E-state index contributed by atoms with van der Waals surface area (Å²) in [7, 11) is 1.70. The molecule has 0 aromatic heterocycles. The number of halogens is 1. The molecule has 0 aliphatic rings. The molecule has 0 N–H and O–H groups in total. The first-order valence-electron chi connectivity index (χ1n) is 7.19. The largest absolute Gasteiger partial charge is 0.496 e. The van der Waals surface area contributed by atoms with Crippen LogP contribution in [0, 0.1) is 5.92 Å². The van der Waals surface area contributed by atoms with Gasteiger partial charge in [-0.05, 0) is 46.1 Å². The lowest BCUT2D eigenvalue weighted by atomic mass is 10.0. The second kappa shape index (κ2) is 8.60. The quantitative estimate of drug-likeness (QED) is 0.685. The molecule has 0 amide bonds. The maximum atomic E-state index is 5.27. The van der Waals surface area contributed by atoms with E-state index in [9.17, 15) is 0 Å². The van der Waals surface area contributed by atoms with Gasteiger partial charge in [0.1, 0.15) is 5.75 Å². The minimum absolute atomic E-state index is 0.807. The fourth-order valence-electron chi connectivity index (χ4n) is 2.28. The molecule has 0 spiro atoms. The van der Waals surface area contributed by atoms with Gasteiger partial charge in [-0.2, -0.15) is 0 Å². The van der Waals surface area contributed by atoms with E-state index in [1.807, 2.05) is 6.07 Å². The Morgan fingerprint density at radius 1 is 1.21 bits per heavy atom. The number of benzene rings is 1. The summed E-state index contributed by atoms with van der Waals surface area (Å²) in [5.74, 6) is 1.70. The van der Waals surface area contributed by atoms with Gasteiger partial charge in [0.2, 0.25) is 0 Å². The third-order valence-corrected chi connectivity index (χ3v) is 4.36.